The van der Waals surface area contributed by atoms with Crippen LogP contribution in [0.4, 0.5) is 18.9 Å². The second kappa shape index (κ2) is 7.16. The summed E-state index contributed by atoms with van der Waals surface area (Å²) in [6, 6.07) is 13.0. The van der Waals surface area contributed by atoms with E-state index in [9.17, 15) is 22.8 Å². The van der Waals surface area contributed by atoms with Gasteiger partial charge in [-0.2, -0.15) is 13.2 Å². The summed E-state index contributed by atoms with van der Waals surface area (Å²) in [5.74, 6) is -2.70. The van der Waals surface area contributed by atoms with E-state index < -0.39 is 18.0 Å². The number of carbonyl (C=O) groups is 2. The number of nitrogens with one attached hydrogen (secondary N) is 2. The zero-order chi connectivity index (χ0) is 17.7. The molecule has 0 aliphatic rings. The number of para-hydroxylation sites is 1. The first-order valence-electron chi connectivity index (χ1n) is 7.08. The third kappa shape index (κ3) is 4.58. The Morgan fingerprint density at radius 2 is 1.62 bits per heavy atom. The zero-order valence-electron chi connectivity index (χ0n) is 12.8. The van der Waals surface area contributed by atoms with Crippen molar-refractivity contribution in [1.29, 1.82) is 0 Å². The lowest BCUT2D eigenvalue weighted by Crippen LogP contribution is -2.31. The van der Waals surface area contributed by atoms with Crippen molar-refractivity contribution in [3.63, 3.8) is 0 Å². The quantitative estimate of drug-likeness (QED) is 0.899. The fraction of sp³-hybridized carbons (Fsp3) is 0.176. The van der Waals surface area contributed by atoms with E-state index >= 15 is 0 Å². The molecule has 0 spiro atoms. The molecule has 0 aliphatic carbocycles. The van der Waals surface area contributed by atoms with Gasteiger partial charge in [0.25, 0.3) is 5.91 Å². The van der Waals surface area contributed by atoms with Crippen LogP contribution in [-0.2, 0) is 11.3 Å². The van der Waals surface area contributed by atoms with Crippen molar-refractivity contribution >= 4 is 17.5 Å². The molecule has 0 aromatic heterocycles. The van der Waals surface area contributed by atoms with Gasteiger partial charge in [0, 0.05) is 6.54 Å². The molecule has 0 saturated heterocycles. The first-order valence-corrected chi connectivity index (χ1v) is 7.08. The van der Waals surface area contributed by atoms with Gasteiger partial charge in [-0.1, -0.05) is 42.0 Å². The van der Waals surface area contributed by atoms with Crippen LogP contribution in [0.5, 0.6) is 0 Å². The van der Waals surface area contributed by atoms with Crippen LogP contribution in [-0.4, -0.2) is 18.0 Å². The standard InChI is InChI=1S/C17H15F3N2O2/c1-11-6-8-12(9-7-11)10-21-15(23)13-4-2-3-5-14(13)22-16(24)17(18,19)20/h2-9H,10H2,1H3,(H,21,23)(H,22,24). The van der Waals surface area contributed by atoms with Gasteiger partial charge < -0.3 is 10.6 Å². The SMILES string of the molecule is Cc1ccc(CNC(=O)c2ccccc2NC(=O)C(F)(F)F)cc1. The first-order chi connectivity index (χ1) is 11.3. The second-order valence-corrected chi connectivity index (χ2v) is 5.17. The van der Waals surface area contributed by atoms with Gasteiger partial charge in [0.05, 0.1) is 11.3 Å². The van der Waals surface area contributed by atoms with Gasteiger partial charge in [-0.05, 0) is 24.6 Å². The number of benzene rings is 2. The van der Waals surface area contributed by atoms with Crippen molar-refractivity contribution in [2.75, 3.05) is 5.32 Å². The highest BCUT2D eigenvalue weighted by atomic mass is 19.4. The van der Waals surface area contributed by atoms with Gasteiger partial charge in [-0.25, -0.2) is 0 Å². The molecule has 0 saturated carbocycles. The van der Waals surface area contributed by atoms with Crippen LogP contribution in [0, 0.1) is 6.92 Å². The monoisotopic (exact) mass is 336 g/mol. The largest absolute Gasteiger partial charge is 0.471 e. The number of aryl methyl sites for hydroxylation is 1. The fourth-order valence-electron chi connectivity index (χ4n) is 1.97. The Labute approximate surface area is 136 Å². The minimum Gasteiger partial charge on any atom is -0.348 e. The Balaban J connectivity index is 2.09. The van der Waals surface area contributed by atoms with Crippen LogP contribution in [0.2, 0.25) is 0 Å². The molecule has 2 aromatic rings. The Morgan fingerprint density at radius 3 is 2.25 bits per heavy atom. The number of halogens is 3. The molecule has 2 aromatic carbocycles. The van der Waals surface area contributed by atoms with E-state index in [0.717, 1.165) is 11.1 Å². The molecule has 0 bridgehead atoms. The third-order valence-electron chi connectivity index (χ3n) is 3.25. The average molecular weight is 336 g/mol. The molecule has 2 N–H and O–H groups in total. The molecule has 0 unspecified atom stereocenters. The number of hydrogen-bond donors (Lipinski definition) is 2. The predicted molar refractivity (Wildman–Crippen MR) is 83.5 cm³/mol. The molecule has 7 heteroatoms. The summed E-state index contributed by atoms with van der Waals surface area (Å²) in [5.41, 5.74) is 1.69. The highest BCUT2D eigenvalue weighted by molar-refractivity contribution is 6.04. The van der Waals surface area contributed by atoms with Gasteiger partial charge in [-0.3, -0.25) is 9.59 Å². The van der Waals surface area contributed by atoms with Gasteiger partial charge in [0.15, 0.2) is 0 Å². The second-order valence-electron chi connectivity index (χ2n) is 5.17. The number of hydrogen-bond acceptors (Lipinski definition) is 2. The summed E-state index contributed by atoms with van der Waals surface area (Å²) in [5, 5.41) is 4.33. The number of amides is 2. The topological polar surface area (TPSA) is 58.2 Å². The van der Waals surface area contributed by atoms with E-state index in [1.54, 1.807) is 5.32 Å². The molecule has 0 aliphatic heterocycles. The molecular weight excluding hydrogens is 321 g/mol. The molecule has 4 nitrogen and oxygen atoms in total. The highest BCUT2D eigenvalue weighted by Gasteiger charge is 2.39. The third-order valence-corrected chi connectivity index (χ3v) is 3.25. The van der Waals surface area contributed by atoms with Crippen LogP contribution in [0.15, 0.2) is 48.5 Å². The van der Waals surface area contributed by atoms with Gasteiger partial charge in [-0.15, -0.1) is 0 Å². The van der Waals surface area contributed by atoms with Gasteiger partial charge in [0.1, 0.15) is 0 Å². The molecule has 0 heterocycles. The van der Waals surface area contributed by atoms with Crippen molar-refractivity contribution in [3.8, 4) is 0 Å². The molecule has 2 amide bonds. The summed E-state index contributed by atoms with van der Waals surface area (Å²) in [4.78, 5) is 23.2. The smallest absolute Gasteiger partial charge is 0.348 e. The average Bonchev–Trinajstić information content (AvgIpc) is 2.53. The Bertz CT molecular complexity index is 740. The first kappa shape index (κ1) is 17.5. The summed E-state index contributed by atoms with van der Waals surface area (Å²) in [6.45, 7) is 2.16. The summed E-state index contributed by atoms with van der Waals surface area (Å²) in [6.07, 6.45) is -5.02. The van der Waals surface area contributed by atoms with Crippen LogP contribution in [0.3, 0.4) is 0 Å². The van der Waals surface area contributed by atoms with Crippen molar-refractivity contribution < 1.29 is 22.8 Å². The number of alkyl halides is 3. The molecule has 0 atom stereocenters. The van der Waals surface area contributed by atoms with Crippen molar-refractivity contribution in [2.45, 2.75) is 19.6 Å². The Morgan fingerprint density at radius 1 is 1.00 bits per heavy atom. The summed E-state index contributed by atoms with van der Waals surface area (Å²) in [7, 11) is 0. The van der Waals surface area contributed by atoms with Gasteiger partial charge >= 0.3 is 12.1 Å². The van der Waals surface area contributed by atoms with Crippen molar-refractivity contribution in [3.05, 3.63) is 65.2 Å². The van der Waals surface area contributed by atoms with E-state index in [1.807, 2.05) is 31.2 Å². The lowest BCUT2D eigenvalue weighted by molar-refractivity contribution is -0.167. The normalized spacial score (nSPS) is 11.0. The zero-order valence-corrected chi connectivity index (χ0v) is 12.8. The summed E-state index contributed by atoms with van der Waals surface area (Å²) < 4.78 is 37.1. The van der Waals surface area contributed by atoms with E-state index in [1.165, 1.54) is 24.3 Å². The number of carbonyl (C=O) groups excluding carboxylic acids is 2. The van der Waals surface area contributed by atoms with Gasteiger partial charge in [0.2, 0.25) is 0 Å². The predicted octanol–water partition coefficient (Wildman–Crippen LogP) is 3.43. The molecule has 0 radical (unpaired) electrons. The lowest BCUT2D eigenvalue weighted by Gasteiger charge is -2.12. The van der Waals surface area contributed by atoms with Crippen LogP contribution in [0.25, 0.3) is 0 Å². The van der Waals surface area contributed by atoms with Crippen molar-refractivity contribution in [1.82, 2.24) is 5.32 Å². The molecule has 2 rings (SSSR count). The minimum absolute atomic E-state index is 0.0396. The summed E-state index contributed by atoms with van der Waals surface area (Å²) >= 11 is 0. The number of rotatable bonds is 4. The van der Waals surface area contributed by atoms with E-state index in [-0.39, 0.29) is 17.8 Å². The maximum Gasteiger partial charge on any atom is 0.471 e. The van der Waals surface area contributed by atoms with Crippen molar-refractivity contribution in [2.24, 2.45) is 0 Å². The molecule has 0 fully saturated rings. The maximum atomic E-state index is 12.4. The van der Waals surface area contributed by atoms with E-state index in [0.29, 0.717) is 0 Å². The Kier molecular flexibility index (Phi) is 5.23. The van der Waals surface area contributed by atoms with Crippen LogP contribution < -0.4 is 10.6 Å². The van der Waals surface area contributed by atoms with Crippen LogP contribution >= 0.6 is 0 Å². The fourth-order valence-corrected chi connectivity index (χ4v) is 1.97. The van der Waals surface area contributed by atoms with Crippen LogP contribution in [0.1, 0.15) is 21.5 Å². The number of anilines is 1. The highest BCUT2D eigenvalue weighted by Crippen LogP contribution is 2.21. The molecule has 126 valence electrons. The van der Waals surface area contributed by atoms with E-state index in [4.69, 9.17) is 0 Å². The Hall–Kier alpha value is -2.83. The molecular formula is C17H15F3N2O2. The van der Waals surface area contributed by atoms with E-state index in [2.05, 4.69) is 5.32 Å². The minimum atomic E-state index is -5.02. The maximum absolute atomic E-state index is 12.4. The lowest BCUT2D eigenvalue weighted by atomic mass is 10.1. The molecule has 24 heavy (non-hydrogen) atoms.